The molecular weight excluding hydrogens is 336 g/mol. The first kappa shape index (κ1) is 19.4. The van der Waals surface area contributed by atoms with Crippen LogP contribution in [0.2, 0.25) is 0 Å². The first-order chi connectivity index (χ1) is 11.5. The number of nitrogens with zero attached hydrogens (tertiary/aromatic N) is 1. The van der Waals surface area contributed by atoms with Crippen LogP contribution in [0.5, 0.6) is 0 Å². The van der Waals surface area contributed by atoms with Crippen molar-refractivity contribution in [1.29, 1.82) is 0 Å². The topological polar surface area (TPSA) is 41.6 Å². The van der Waals surface area contributed by atoms with E-state index in [4.69, 9.17) is 4.74 Å². The molecule has 144 valence electrons. The minimum atomic E-state index is -0.295. The third-order valence-corrected chi connectivity index (χ3v) is 7.52. The number of carbonyl (C=O) groups is 1. The minimum Gasteiger partial charge on any atom is -0.384 e. The smallest absolute Gasteiger partial charge is 0.230 e. The minimum absolute atomic E-state index is 0. The number of ether oxygens (including phenoxy) is 1. The van der Waals surface area contributed by atoms with E-state index in [1.165, 1.54) is 38.5 Å². The van der Waals surface area contributed by atoms with Crippen LogP contribution in [0.3, 0.4) is 0 Å². The van der Waals surface area contributed by atoms with E-state index < -0.39 is 0 Å². The molecule has 5 heteroatoms. The maximum atomic E-state index is 13.4. The summed E-state index contributed by atoms with van der Waals surface area (Å²) >= 11 is 0. The van der Waals surface area contributed by atoms with E-state index in [9.17, 15) is 4.79 Å². The van der Waals surface area contributed by atoms with Gasteiger partial charge in [0.2, 0.25) is 5.91 Å². The van der Waals surface area contributed by atoms with Crippen molar-refractivity contribution < 1.29 is 9.53 Å². The SMILES string of the molecule is COCC1(C(=O)N(C)CC23CC4CC(CC(C4)C2)C3)CCNCC1.Cl. The monoisotopic (exact) mass is 370 g/mol. The van der Waals surface area contributed by atoms with Gasteiger partial charge in [0.05, 0.1) is 12.0 Å². The molecule has 4 nitrogen and oxygen atoms in total. The Morgan fingerprint density at radius 1 is 1.08 bits per heavy atom. The Hall–Kier alpha value is -0.320. The first-order valence-electron chi connectivity index (χ1n) is 9.99. The second-order valence-electron chi connectivity index (χ2n) is 9.54. The normalized spacial score (nSPS) is 38.2. The number of methoxy groups -OCH3 is 1. The maximum Gasteiger partial charge on any atom is 0.230 e. The Labute approximate surface area is 158 Å². The molecule has 0 atom stereocenters. The lowest BCUT2D eigenvalue weighted by Crippen LogP contribution is -2.55. The number of carbonyl (C=O) groups excluding carboxylic acids is 1. The molecule has 0 aromatic heterocycles. The number of nitrogens with one attached hydrogen (secondary N) is 1. The van der Waals surface area contributed by atoms with Gasteiger partial charge in [-0.05, 0) is 87.6 Å². The lowest BCUT2D eigenvalue weighted by molar-refractivity contribution is -0.151. The van der Waals surface area contributed by atoms with E-state index in [0.717, 1.165) is 50.2 Å². The number of amides is 1. The molecule has 5 aliphatic rings. The van der Waals surface area contributed by atoms with Crippen LogP contribution in [0.1, 0.15) is 51.4 Å². The van der Waals surface area contributed by atoms with Crippen molar-refractivity contribution in [2.24, 2.45) is 28.6 Å². The summed E-state index contributed by atoms with van der Waals surface area (Å²) in [6.45, 7) is 3.41. The lowest BCUT2D eigenvalue weighted by atomic mass is 9.49. The fraction of sp³-hybridized carbons (Fsp3) is 0.950. The van der Waals surface area contributed by atoms with Gasteiger partial charge in [-0.25, -0.2) is 0 Å². The predicted molar refractivity (Wildman–Crippen MR) is 102 cm³/mol. The van der Waals surface area contributed by atoms with Gasteiger partial charge in [-0.15, -0.1) is 12.4 Å². The molecule has 4 bridgehead atoms. The molecule has 4 aliphatic carbocycles. The second-order valence-corrected chi connectivity index (χ2v) is 9.54. The van der Waals surface area contributed by atoms with E-state index in [1.54, 1.807) is 7.11 Å². The van der Waals surface area contributed by atoms with Gasteiger partial charge in [0, 0.05) is 20.7 Å². The molecule has 1 saturated heterocycles. The van der Waals surface area contributed by atoms with E-state index in [-0.39, 0.29) is 17.8 Å². The number of piperidine rings is 1. The molecule has 1 N–H and O–H groups in total. The average Bonchev–Trinajstić information content (AvgIpc) is 2.53. The van der Waals surface area contributed by atoms with Crippen LogP contribution in [0.25, 0.3) is 0 Å². The fourth-order valence-electron chi connectivity index (χ4n) is 7.07. The van der Waals surface area contributed by atoms with E-state index >= 15 is 0 Å². The van der Waals surface area contributed by atoms with E-state index in [2.05, 4.69) is 17.3 Å². The van der Waals surface area contributed by atoms with Crippen molar-refractivity contribution in [3.8, 4) is 0 Å². The molecule has 1 heterocycles. The van der Waals surface area contributed by atoms with Gasteiger partial charge < -0.3 is 15.0 Å². The van der Waals surface area contributed by atoms with Crippen LogP contribution in [-0.4, -0.2) is 51.2 Å². The Kier molecular flexibility index (Phi) is 5.72. The Morgan fingerprint density at radius 3 is 2.08 bits per heavy atom. The zero-order valence-electron chi connectivity index (χ0n) is 15.9. The quantitative estimate of drug-likeness (QED) is 0.808. The van der Waals surface area contributed by atoms with Crippen molar-refractivity contribution in [1.82, 2.24) is 10.2 Å². The zero-order valence-corrected chi connectivity index (χ0v) is 16.7. The summed E-state index contributed by atoms with van der Waals surface area (Å²) in [7, 11) is 3.79. The fourth-order valence-corrected chi connectivity index (χ4v) is 7.07. The van der Waals surface area contributed by atoms with Gasteiger partial charge in [0.1, 0.15) is 0 Å². The molecule has 1 amide bonds. The van der Waals surface area contributed by atoms with Crippen LogP contribution in [0.15, 0.2) is 0 Å². The highest BCUT2D eigenvalue weighted by atomic mass is 35.5. The van der Waals surface area contributed by atoms with Gasteiger partial charge >= 0.3 is 0 Å². The average molecular weight is 371 g/mol. The molecule has 5 fully saturated rings. The van der Waals surface area contributed by atoms with Crippen molar-refractivity contribution in [3.05, 3.63) is 0 Å². The summed E-state index contributed by atoms with van der Waals surface area (Å²) in [5.74, 6) is 3.19. The van der Waals surface area contributed by atoms with E-state index in [0.29, 0.717) is 17.9 Å². The largest absolute Gasteiger partial charge is 0.384 e. The number of halogens is 1. The Bertz CT molecular complexity index is 449. The third kappa shape index (κ3) is 3.59. The molecule has 5 rings (SSSR count). The van der Waals surface area contributed by atoms with Crippen molar-refractivity contribution in [2.75, 3.05) is 40.4 Å². The molecule has 25 heavy (non-hydrogen) atoms. The highest BCUT2D eigenvalue weighted by Crippen LogP contribution is 2.60. The summed E-state index contributed by atoms with van der Waals surface area (Å²) in [5.41, 5.74) is 0.136. The molecule has 0 aromatic carbocycles. The van der Waals surface area contributed by atoms with Crippen molar-refractivity contribution in [3.63, 3.8) is 0 Å². The summed E-state index contributed by atoms with van der Waals surface area (Å²) in [6.07, 6.45) is 10.3. The number of hydrogen-bond donors (Lipinski definition) is 1. The molecule has 0 unspecified atom stereocenters. The molecule has 0 spiro atoms. The summed E-state index contributed by atoms with van der Waals surface area (Å²) in [5, 5.41) is 3.39. The molecule has 0 aromatic rings. The van der Waals surface area contributed by atoms with Crippen molar-refractivity contribution in [2.45, 2.75) is 51.4 Å². The molecule has 0 radical (unpaired) electrons. The highest BCUT2D eigenvalue weighted by Gasteiger charge is 2.52. The molecule has 4 saturated carbocycles. The predicted octanol–water partition coefficient (Wildman–Crippen LogP) is 3.10. The number of hydrogen-bond acceptors (Lipinski definition) is 3. The maximum absolute atomic E-state index is 13.4. The molecule has 1 aliphatic heterocycles. The first-order valence-corrected chi connectivity index (χ1v) is 9.99. The van der Waals surface area contributed by atoms with Crippen molar-refractivity contribution >= 4 is 18.3 Å². The van der Waals surface area contributed by atoms with Gasteiger partial charge in [-0.2, -0.15) is 0 Å². The van der Waals surface area contributed by atoms with Crippen LogP contribution in [-0.2, 0) is 9.53 Å². The second kappa shape index (κ2) is 7.36. The summed E-state index contributed by atoms with van der Waals surface area (Å²) in [4.78, 5) is 15.4. The van der Waals surface area contributed by atoms with Crippen LogP contribution >= 0.6 is 12.4 Å². The molecular formula is C20H35ClN2O2. The highest BCUT2D eigenvalue weighted by molar-refractivity contribution is 5.85. The lowest BCUT2D eigenvalue weighted by Gasteiger charge is -2.58. The standard InChI is InChI=1S/C20H34N2O2.ClH/c1-22(18(23)20(14-24-2)3-5-21-6-4-20)13-19-10-15-7-16(11-19)9-17(8-15)12-19;/h15-17,21H,3-14H2,1-2H3;1H. The van der Waals surface area contributed by atoms with Gasteiger partial charge in [-0.3, -0.25) is 4.79 Å². The Balaban J connectivity index is 0.00000182. The van der Waals surface area contributed by atoms with Gasteiger partial charge in [0.15, 0.2) is 0 Å². The van der Waals surface area contributed by atoms with Crippen LogP contribution < -0.4 is 5.32 Å². The zero-order chi connectivity index (χ0) is 16.8. The summed E-state index contributed by atoms with van der Waals surface area (Å²) in [6, 6.07) is 0. The van der Waals surface area contributed by atoms with Crippen LogP contribution in [0.4, 0.5) is 0 Å². The Morgan fingerprint density at radius 2 is 1.60 bits per heavy atom. The van der Waals surface area contributed by atoms with Gasteiger partial charge in [0.25, 0.3) is 0 Å². The van der Waals surface area contributed by atoms with Crippen LogP contribution in [0, 0.1) is 28.6 Å². The summed E-state index contributed by atoms with van der Waals surface area (Å²) < 4.78 is 5.47. The van der Waals surface area contributed by atoms with Gasteiger partial charge in [-0.1, -0.05) is 0 Å². The third-order valence-electron chi connectivity index (χ3n) is 7.52. The number of rotatable bonds is 5. The van der Waals surface area contributed by atoms with E-state index in [1.807, 2.05) is 0 Å².